The molecule has 0 N–H and O–H groups in total. The van der Waals surface area contributed by atoms with Crippen LogP contribution in [0.3, 0.4) is 0 Å². The highest BCUT2D eigenvalue weighted by atomic mass is 32.2. The Morgan fingerprint density at radius 2 is 2.03 bits per heavy atom. The van der Waals surface area contributed by atoms with Gasteiger partial charge in [0, 0.05) is 19.4 Å². The highest BCUT2D eigenvalue weighted by Gasteiger charge is 2.35. The number of rotatable bonds is 8. The van der Waals surface area contributed by atoms with E-state index in [-0.39, 0.29) is 17.7 Å². The molecule has 4 aromatic rings. The van der Waals surface area contributed by atoms with Gasteiger partial charge in [0.15, 0.2) is 5.16 Å². The predicted molar refractivity (Wildman–Crippen MR) is 129 cm³/mol. The zero-order valence-corrected chi connectivity index (χ0v) is 19.8. The lowest BCUT2D eigenvalue weighted by Gasteiger charge is -2.19. The molecule has 1 aliphatic heterocycles. The fourth-order valence-corrected chi connectivity index (χ4v) is 5.47. The largest absolute Gasteiger partial charge is 0.467 e. The van der Waals surface area contributed by atoms with Crippen LogP contribution in [0.5, 0.6) is 0 Å². The van der Waals surface area contributed by atoms with Crippen molar-refractivity contribution < 1.29 is 9.21 Å². The van der Waals surface area contributed by atoms with Gasteiger partial charge in [-0.3, -0.25) is 4.79 Å². The summed E-state index contributed by atoms with van der Waals surface area (Å²) in [4.78, 5) is 14.3. The fraction of sp³-hybridized carbons (Fsp3) is 0.250. The molecular formula is C24H23N5O2S2. The Bertz CT molecular complexity index is 1230. The molecule has 0 aliphatic carbocycles. The third-order valence-corrected chi connectivity index (χ3v) is 7.35. The SMILES string of the molecule is CCn1c(Cc2ccccc2)nnc1SCC(=O)N1N=C(c2cccs2)CC1c1ccco1. The van der Waals surface area contributed by atoms with Crippen LogP contribution in [0.1, 0.15) is 41.4 Å². The molecule has 5 rings (SSSR count). The van der Waals surface area contributed by atoms with Crippen molar-refractivity contribution in [3.8, 4) is 0 Å². The zero-order valence-electron chi connectivity index (χ0n) is 18.1. The number of furan rings is 1. The third kappa shape index (κ3) is 4.65. The molecule has 0 spiro atoms. The van der Waals surface area contributed by atoms with Gasteiger partial charge in [0.2, 0.25) is 0 Å². The maximum Gasteiger partial charge on any atom is 0.253 e. The van der Waals surface area contributed by atoms with E-state index in [0.29, 0.717) is 12.8 Å². The van der Waals surface area contributed by atoms with Crippen LogP contribution in [-0.2, 0) is 17.8 Å². The second kappa shape index (κ2) is 9.76. The van der Waals surface area contributed by atoms with E-state index >= 15 is 0 Å². The van der Waals surface area contributed by atoms with Crippen LogP contribution in [0, 0.1) is 0 Å². The van der Waals surface area contributed by atoms with Crippen molar-refractivity contribution in [1.29, 1.82) is 0 Å². The van der Waals surface area contributed by atoms with Crippen LogP contribution >= 0.6 is 23.1 Å². The average Bonchev–Trinajstić information content (AvgIpc) is 3.64. The van der Waals surface area contributed by atoms with E-state index in [0.717, 1.165) is 33.9 Å². The van der Waals surface area contributed by atoms with Gasteiger partial charge in [0.1, 0.15) is 17.6 Å². The molecule has 3 aromatic heterocycles. The molecule has 1 amide bonds. The van der Waals surface area contributed by atoms with Crippen LogP contribution in [0.15, 0.2) is 80.9 Å². The molecule has 1 atom stereocenters. The van der Waals surface area contributed by atoms with Gasteiger partial charge < -0.3 is 8.98 Å². The maximum atomic E-state index is 13.2. The molecule has 0 saturated carbocycles. The van der Waals surface area contributed by atoms with Gasteiger partial charge in [-0.1, -0.05) is 48.2 Å². The van der Waals surface area contributed by atoms with Crippen LogP contribution in [0.4, 0.5) is 0 Å². The minimum absolute atomic E-state index is 0.0804. The summed E-state index contributed by atoms with van der Waals surface area (Å²) in [5.74, 6) is 1.78. The summed E-state index contributed by atoms with van der Waals surface area (Å²) in [5, 5.41) is 17.8. The quantitative estimate of drug-likeness (QED) is 0.333. The summed E-state index contributed by atoms with van der Waals surface area (Å²) in [5.41, 5.74) is 2.09. The summed E-state index contributed by atoms with van der Waals surface area (Å²) in [6.07, 6.45) is 2.97. The number of thiophene rings is 1. The molecule has 168 valence electrons. The maximum absolute atomic E-state index is 13.2. The standard InChI is InChI=1S/C24H23N5O2S2/c1-2-28-22(14-17-8-4-3-5-9-17)25-26-24(28)33-16-23(30)29-19(20-10-6-12-31-20)15-18(27-29)21-11-7-13-32-21/h3-13,19H,2,14-16H2,1H3. The monoisotopic (exact) mass is 477 g/mol. The van der Waals surface area contributed by atoms with E-state index in [9.17, 15) is 4.79 Å². The van der Waals surface area contributed by atoms with E-state index in [2.05, 4.69) is 38.9 Å². The summed E-state index contributed by atoms with van der Waals surface area (Å²) in [7, 11) is 0. The first-order chi connectivity index (χ1) is 16.2. The van der Waals surface area contributed by atoms with Gasteiger partial charge >= 0.3 is 0 Å². The number of benzene rings is 1. The molecule has 0 radical (unpaired) electrons. The molecule has 33 heavy (non-hydrogen) atoms. The molecule has 1 aromatic carbocycles. The van der Waals surface area contributed by atoms with Crippen molar-refractivity contribution in [1.82, 2.24) is 19.8 Å². The second-order valence-corrected chi connectivity index (χ2v) is 9.48. The van der Waals surface area contributed by atoms with Gasteiger partial charge in [-0.25, -0.2) is 5.01 Å². The Morgan fingerprint density at radius 3 is 2.76 bits per heavy atom. The number of hydrogen-bond acceptors (Lipinski definition) is 7. The molecule has 1 unspecified atom stereocenters. The number of thioether (sulfide) groups is 1. The minimum Gasteiger partial charge on any atom is -0.467 e. The van der Waals surface area contributed by atoms with Crippen molar-refractivity contribution in [2.45, 2.75) is 37.5 Å². The van der Waals surface area contributed by atoms with Gasteiger partial charge in [-0.2, -0.15) is 5.10 Å². The van der Waals surface area contributed by atoms with E-state index < -0.39 is 0 Å². The summed E-state index contributed by atoms with van der Waals surface area (Å²) in [6.45, 7) is 2.81. The summed E-state index contributed by atoms with van der Waals surface area (Å²) in [6, 6.07) is 17.7. The number of amides is 1. The lowest BCUT2D eigenvalue weighted by molar-refractivity contribution is -0.130. The van der Waals surface area contributed by atoms with Gasteiger partial charge in [-0.05, 0) is 36.1 Å². The van der Waals surface area contributed by atoms with Crippen LogP contribution in [0.2, 0.25) is 0 Å². The smallest absolute Gasteiger partial charge is 0.253 e. The second-order valence-electron chi connectivity index (χ2n) is 7.59. The molecular weight excluding hydrogens is 454 g/mol. The average molecular weight is 478 g/mol. The number of hydrogen-bond donors (Lipinski definition) is 0. The number of hydrazone groups is 1. The lowest BCUT2D eigenvalue weighted by atomic mass is 10.1. The van der Waals surface area contributed by atoms with Crippen LogP contribution in [-0.4, -0.2) is 37.1 Å². The van der Waals surface area contributed by atoms with Gasteiger partial charge in [0.05, 0.1) is 22.6 Å². The normalized spacial score (nSPS) is 15.7. The molecule has 0 bridgehead atoms. The van der Waals surface area contributed by atoms with E-state index in [1.807, 2.05) is 47.8 Å². The Kier molecular flexibility index (Phi) is 6.41. The molecule has 1 aliphatic rings. The number of carbonyl (C=O) groups is 1. The fourth-order valence-electron chi connectivity index (χ4n) is 3.88. The highest BCUT2D eigenvalue weighted by Crippen LogP contribution is 2.34. The summed E-state index contributed by atoms with van der Waals surface area (Å²) >= 11 is 3.02. The Hall–Kier alpha value is -3.17. The Morgan fingerprint density at radius 1 is 1.15 bits per heavy atom. The van der Waals surface area contributed by atoms with Crippen molar-refractivity contribution in [2.24, 2.45) is 5.10 Å². The van der Waals surface area contributed by atoms with Crippen LogP contribution < -0.4 is 0 Å². The Labute approximate surface area is 200 Å². The van der Waals surface area contributed by atoms with Crippen molar-refractivity contribution in [2.75, 3.05) is 5.75 Å². The number of carbonyl (C=O) groups excluding carboxylic acids is 1. The van der Waals surface area contributed by atoms with Crippen LogP contribution in [0.25, 0.3) is 0 Å². The first-order valence-electron chi connectivity index (χ1n) is 10.8. The molecule has 9 heteroatoms. The third-order valence-electron chi connectivity index (χ3n) is 5.48. The first-order valence-corrected chi connectivity index (χ1v) is 12.6. The Balaban J connectivity index is 1.31. The van der Waals surface area contributed by atoms with Crippen molar-refractivity contribution in [3.05, 3.63) is 88.3 Å². The van der Waals surface area contributed by atoms with E-state index in [1.54, 1.807) is 22.6 Å². The van der Waals surface area contributed by atoms with Gasteiger partial charge in [0.25, 0.3) is 5.91 Å². The van der Waals surface area contributed by atoms with Crippen molar-refractivity contribution in [3.63, 3.8) is 0 Å². The summed E-state index contributed by atoms with van der Waals surface area (Å²) < 4.78 is 7.69. The predicted octanol–water partition coefficient (Wildman–Crippen LogP) is 5.01. The van der Waals surface area contributed by atoms with Crippen molar-refractivity contribution >= 4 is 34.7 Å². The lowest BCUT2D eigenvalue weighted by Crippen LogP contribution is -2.28. The zero-order chi connectivity index (χ0) is 22.6. The number of nitrogens with zero attached hydrogens (tertiary/aromatic N) is 5. The molecule has 0 fully saturated rings. The molecule has 7 nitrogen and oxygen atoms in total. The minimum atomic E-state index is -0.233. The van der Waals surface area contributed by atoms with E-state index in [1.165, 1.54) is 17.3 Å². The van der Waals surface area contributed by atoms with E-state index in [4.69, 9.17) is 4.42 Å². The topological polar surface area (TPSA) is 76.5 Å². The number of aromatic nitrogens is 3. The molecule has 0 saturated heterocycles. The first kappa shape index (κ1) is 21.7. The highest BCUT2D eigenvalue weighted by molar-refractivity contribution is 7.99. The molecule has 4 heterocycles. The van der Waals surface area contributed by atoms with Gasteiger partial charge in [-0.15, -0.1) is 21.5 Å².